The number of nitrogens with zero attached hydrogens (tertiary/aromatic N) is 1. The second kappa shape index (κ2) is 7.53. The van der Waals surface area contributed by atoms with E-state index in [9.17, 15) is 4.79 Å². The minimum absolute atomic E-state index is 0.00769. The predicted octanol–water partition coefficient (Wildman–Crippen LogP) is 2.96. The van der Waals surface area contributed by atoms with Crippen LogP contribution in [0.3, 0.4) is 0 Å². The number of hydrogen-bond donors (Lipinski definition) is 1. The first-order valence-corrected chi connectivity index (χ1v) is 8.94. The lowest BCUT2D eigenvalue weighted by Gasteiger charge is -2.34. The van der Waals surface area contributed by atoms with Crippen molar-refractivity contribution in [2.75, 3.05) is 12.0 Å². The Morgan fingerprint density at radius 3 is 2.32 bits per heavy atom. The van der Waals surface area contributed by atoms with Crippen LogP contribution in [0.2, 0.25) is 0 Å². The summed E-state index contributed by atoms with van der Waals surface area (Å²) in [5.41, 5.74) is 0. The second-order valence-corrected chi connectivity index (χ2v) is 6.89. The van der Waals surface area contributed by atoms with E-state index in [-0.39, 0.29) is 12.2 Å². The van der Waals surface area contributed by atoms with Crippen LogP contribution in [0, 0.1) is 11.8 Å². The Labute approximate surface area is 122 Å². The Kier molecular flexibility index (Phi) is 6.67. The molecular formula is C15H30N2OS. The molecule has 1 rings (SSSR count). The second-order valence-electron chi connectivity index (χ2n) is 5.98. The lowest BCUT2D eigenvalue weighted by atomic mass is 9.99. The van der Waals surface area contributed by atoms with Gasteiger partial charge in [-0.1, -0.05) is 41.0 Å². The van der Waals surface area contributed by atoms with Gasteiger partial charge in [-0.2, -0.15) is 11.8 Å². The lowest BCUT2D eigenvalue weighted by Crippen LogP contribution is -2.48. The molecule has 0 aromatic heterocycles. The highest BCUT2D eigenvalue weighted by Gasteiger charge is 2.44. The summed E-state index contributed by atoms with van der Waals surface area (Å²) in [5.74, 6) is 2.20. The van der Waals surface area contributed by atoms with E-state index >= 15 is 0 Å². The Bertz CT molecular complexity index is 296. The number of carbonyl (C=O) groups is 1. The van der Waals surface area contributed by atoms with Crippen molar-refractivity contribution in [1.29, 1.82) is 0 Å². The molecule has 0 aromatic carbocycles. The van der Waals surface area contributed by atoms with E-state index in [4.69, 9.17) is 0 Å². The number of nitrogens with one attached hydrogen (secondary N) is 1. The summed E-state index contributed by atoms with van der Waals surface area (Å²) < 4.78 is 0. The number of hydrogen-bond acceptors (Lipinski definition) is 3. The SMILES string of the molecule is CCC(C)C1NC(C(C)C)N(C(CC)CSC)C1=O. The van der Waals surface area contributed by atoms with E-state index in [0.29, 0.717) is 23.8 Å². The molecule has 1 aliphatic rings. The van der Waals surface area contributed by atoms with Crippen molar-refractivity contribution in [3.63, 3.8) is 0 Å². The van der Waals surface area contributed by atoms with Crippen LogP contribution in [-0.2, 0) is 4.79 Å². The molecule has 1 aliphatic heterocycles. The van der Waals surface area contributed by atoms with Crippen molar-refractivity contribution in [3.8, 4) is 0 Å². The quantitative estimate of drug-likeness (QED) is 0.781. The van der Waals surface area contributed by atoms with Crippen LogP contribution in [0.1, 0.15) is 47.5 Å². The van der Waals surface area contributed by atoms with Crippen LogP contribution in [0.15, 0.2) is 0 Å². The maximum Gasteiger partial charge on any atom is 0.241 e. The van der Waals surface area contributed by atoms with Crippen molar-refractivity contribution >= 4 is 17.7 Å². The summed E-state index contributed by atoms with van der Waals surface area (Å²) in [4.78, 5) is 14.9. The third-order valence-electron chi connectivity index (χ3n) is 4.24. The molecule has 0 saturated carbocycles. The molecule has 1 amide bonds. The zero-order chi connectivity index (χ0) is 14.6. The lowest BCUT2D eigenvalue weighted by molar-refractivity contribution is -0.133. The molecule has 112 valence electrons. The van der Waals surface area contributed by atoms with Crippen molar-refractivity contribution in [3.05, 3.63) is 0 Å². The number of thioether (sulfide) groups is 1. The van der Waals surface area contributed by atoms with Gasteiger partial charge in [-0.15, -0.1) is 0 Å². The highest BCUT2D eigenvalue weighted by Crippen LogP contribution is 2.27. The molecule has 4 heteroatoms. The molecule has 19 heavy (non-hydrogen) atoms. The van der Waals surface area contributed by atoms with E-state index < -0.39 is 0 Å². The zero-order valence-electron chi connectivity index (χ0n) is 13.3. The predicted molar refractivity (Wildman–Crippen MR) is 84.3 cm³/mol. The maximum absolute atomic E-state index is 12.8. The van der Waals surface area contributed by atoms with Gasteiger partial charge < -0.3 is 4.90 Å². The highest BCUT2D eigenvalue weighted by atomic mass is 32.2. The molecule has 1 N–H and O–H groups in total. The van der Waals surface area contributed by atoms with Crippen LogP contribution in [0.4, 0.5) is 0 Å². The Balaban J connectivity index is 2.94. The summed E-state index contributed by atoms with van der Waals surface area (Å²) in [6.45, 7) is 10.9. The molecule has 4 atom stereocenters. The molecular weight excluding hydrogens is 256 g/mol. The topological polar surface area (TPSA) is 32.3 Å². The van der Waals surface area contributed by atoms with Crippen LogP contribution in [-0.4, -0.2) is 41.1 Å². The van der Waals surface area contributed by atoms with Gasteiger partial charge in [0.1, 0.15) is 0 Å². The van der Waals surface area contributed by atoms with Gasteiger partial charge in [0, 0.05) is 11.8 Å². The average molecular weight is 286 g/mol. The summed E-state index contributed by atoms with van der Waals surface area (Å²) in [7, 11) is 0. The molecule has 0 spiro atoms. The third-order valence-corrected chi connectivity index (χ3v) is 4.96. The van der Waals surface area contributed by atoms with Crippen molar-refractivity contribution in [2.45, 2.75) is 65.7 Å². The fourth-order valence-corrected chi connectivity index (χ4v) is 3.57. The first-order valence-electron chi connectivity index (χ1n) is 7.54. The van der Waals surface area contributed by atoms with E-state index in [0.717, 1.165) is 18.6 Å². The molecule has 3 nitrogen and oxygen atoms in total. The minimum atomic E-state index is 0.00769. The number of amides is 1. The molecule has 1 saturated heterocycles. The van der Waals surface area contributed by atoms with E-state index in [2.05, 4.69) is 51.1 Å². The third kappa shape index (κ3) is 3.66. The molecule has 0 bridgehead atoms. The van der Waals surface area contributed by atoms with Gasteiger partial charge in [-0.3, -0.25) is 10.1 Å². The smallest absolute Gasteiger partial charge is 0.241 e. The summed E-state index contributed by atoms with van der Waals surface area (Å²) in [6.07, 6.45) is 4.39. The maximum atomic E-state index is 12.8. The van der Waals surface area contributed by atoms with Crippen molar-refractivity contribution in [1.82, 2.24) is 10.2 Å². The first-order chi connectivity index (χ1) is 8.97. The van der Waals surface area contributed by atoms with E-state index in [1.807, 2.05) is 11.8 Å². The van der Waals surface area contributed by atoms with Crippen molar-refractivity contribution in [2.24, 2.45) is 11.8 Å². The highest BCUT2D eigenvalue weighted by molar-refractivity contribution is 7.98. The largest absolute Gasteiger partial charge is 0.322 e. The average Bonchev–Trinajstić information content (AvgIpc) is 2.73. The Hall–Kier alpha value is -0.220. The number of rotatable bonds is 7. The van der Waals surface area contributed by atoms with Gasteiger partial charge >= 0.3 is 0 Å². The molecule has 0 aromatic rings. The summed E-state index contributed by atoms with van der Waals surface area (Å²) >= 11 is 1.83. The van der Waals surface area contributed by atoms with Crippen LogP contribution in [0.25, 0.3) is 0 Å². The summed E-state index contributed by atoms with van der Waals surface area (Å²) in [6, 6.07) is 0.366. The number of carbonyl (C=O) groups excluding carboxylic acids is 1. The van der Waals surface area contributed by atoms with Crippen molar-refractivity contribution < 1.29 is 4.79 Å². The molecule has 4 unspecified atom stereocenters. The molecule has 1 fully saturated rings. The normalized spacial score (nSPS) is 27.1. The summed E-state index contributed by atoms with van der Waals surface area (Å²) in [5, 5.41) is 3.58. The van der Waals surface area contributed by atoms with Gasteiger partial charge in [-0.05, 0) is 24.5 Å². The molecule has 1 heterocycles. The van der Waals surface area contributed by atoms with Gasteiger partial charge in [0.05, 0.1) is 12.2 Å². The Morgan fingerprint density at radius 1 is 1.26 bits per heavy atom. The monoisotopic (exact) mass is 286 g/mol. The van der Waals surface area contributed by atoms with Crippen LogP contribution < -0.4 is 5.32 Å². The molecule has 0 aliphatic carbocycles. The standard InChI is InChI=1S/C15H30N2OS/c1-7-11(5)13-15(18)17(12(8-2)9-19-6)14(16-13)10(3)4/h10-14,16H,7-9H2,1-6H3. The van der Waals surface area contributed by atoms with Gasteiger partial charge in [0.25, 0.3) is 0 Å². The zero-order valence-corrected chi connectivity index (χ0v) is 14.1. The fraction of sp³-hybridized carbons (Fsp3) is 0.933. The fourth-order valence-electron chi connectivity index (χ4n) is 2.78. The minimum Gasteiger partial charge on any atom is -0.322 e. The van der Waals surface area contributed by atoms with Gasteiger partial charge in [-0.25, -0.2) is 0 Å². The molecule has 0 radical (unpaired) electrons. The van der Waals surface area contributed by atoms with E-state index in [1.54, 1.807) is 0 Å². The first kappa shape index (κ1) is 16.8. The van der Waals surface area contributed by atoms with Gasteiger partial charge in [0.2, 0.25) is 5.91 Å². The van der Waals surface area contributed by atoms with Crippen LogP contribution in [0.5, 0.6) is 0 Å². The Morgan fingerprint density at radius 2 is 1.89 bits per heavy atom. The van der Waals surface area contributed by atoms with Gasteiger partial charge in [0.15, 0.2) is 0 Å². The van der Waals surface area contributed by atoms with Crippen LogP contribution >= 0.6 is 11.8 Å². The van der Waals surface area contributed by atoms with E-state index in [1.165, 1.54) is 0 Å².